The maximum atomic E-state index is 11.4. The third kappa shape index (κ3) is 6.13. The maximum Gasteiger partial charge on any atom is 0.414 e. The number of nitrogens with one attached hydrogen (secondary N) is 1. The van der Waals surface area contributed by atoms with Crippen molar-refractivity contribution in [1.82, 2.24) is 5.32 Å². The van der Waals surface area contributed by atoms with Gasteiger partial charge in [0.25, 0.3) is 5.91 Å². The molecule has 1 atom stereocenters. The number of benzene rings is 2. The van der Waals surface area contributed by atoms with Gasteiger partial charge < -0.3 is 9.47 Å². The van der Waals surface area contributed by atoms with Gasteiger partial charge in [-0.1, -0.05) is 55.3 Å². The number of unbranched alkanes of at least 4 members (excludes halogenated alkanes) is 3. The van der Waals surface area contributed by atoms with E-state index < -0.39 is 12.2 Å². The topological polar surface area (TPSA) is 64.6 Å². The molecule has 0 spiro atoms. The van der Waals surface area contributed by atoms with E-state index in [9.17, 15) is 9.59 Å². The standard InChI is InChI=1S/C22H25NO4/c24-21-20(27-22(25)23-21)11-7-2-1-4-8-17-12-14-19(15-13-17)26-16-18-9-5-3-6-10-18/h3,5-6,9-10,12-15,20H,1-2,4,7-8,11,16H2,(H,23,24,25). The first-order chi connectivity index (χ1) is 13.2. The SMILES string of the molecule is O=C1NC(=O)C(CCCCCCc2ccc(OCc3ccccc3)cc2)O1. The number of carbonyl (C=O) groups excluding carboxylic acids is 2. The molecule has 5 nitrogen and oxygen atoms in total. The number of amides is 2. The number of hydrogen-bond donors (Lipinski definition) is 1. The van der Waals surface area contributed by atoms with Crippen molar-refractivity contribution < 1.29 is 19.1 Å². The molecule has 1 aliphatic rings. The summed E-state index contributed by atoms with van der Waals surface area (Å²) in [6.45, 7) is 0.578. The fraction of sp³-hybridized carbons (Fsp3) is 0.364. The molecule has 0 radical (unpaired) electrons. The average Bonchev–Trinajstić information content (AvgIpc) is 3.01. The Labute approximate surface area is 159 Å². The van der Waals surface area contributed by atoms with Crippen LogP contribution in [0.2, 0.25) is 0 Å². The van der Waals surface area contributed by atoms with Gasteiger partial charge in [0.15, 0.2) is 6.10 Å². The zero-order chi connectivity index (χ0) is 18.9. The molecule has 3 rings (SSSR count). The van der Waals surface area contributed by atoms with Crippen molar-refractivity contribution in [2.45, 2.75) is 51.2 Å². The molecule has 2 aromatic rings. The van der Waals surface area contributed by atoms with E-state index in [1.165, 1.54) is 5.56 Å². The highest BCUT2D eigenvalue weighted by Gasteiger charge is 2.31. The summed E-state index contributed by atoms with van der Waals surface area (Å²) in [5.41, 5.74) is 2.46. The van der Waals surface area contributed by atoms with E-state index in [-0.39, 0.29) is 5.91 Å². The van der Waals surface area contributed by atoms with E-state index in [2.05, 4.69) is 29.6 Å². The Morgan fingerprint density at radius 1 is 0.852 bits per heavy atom. The summed E-state index contributed by atoms with van der Waals surface area (Å²) in [4.78, 5) is 22.3. The first-order valence-corrected chi connectivity index (χ1v) is 9.48. The van der Waals surface area contributed by atoms with Crippen LogP contribution in [0.25, 0.3) is 0 Å². The predicted molar refractivity (Wildman–Crippen MR) is 102 cm³/mol. The van der Waals surface area contributed by atoms with Crippen molar-refractivity contribution in [1.29, 1.82) is 0 Å². The minimum atomic E-state index is -0.624. The van der Waals surface area contributed by atoms with Crippen LogP contribution in [0, 0.1) is 0 Å². The summed E-state index contributed by atoms with van der Waals surface area (Å²) >= 11 is 0. The maximum absolute atomic E-state index is 11.4. The first kappa shape index (κ1) is 19.0. The van der Waals surface area contributed by atoms with Crippen LogP contribution in [0.1, 0.15) is 43.2 Å². The summed E-state index contributed by atoms with van der Waals surface area (Å²) in [7, 11) is 0. The zero-order valence-corrected chi connectivity index (χ0v) is 15.4. The number of aryl methyl sites for hydroxylation is 1. The van der Waals surface area contributed by atoms with Crippen LogP contribution in [-0.2, 0) is 22.6 Å². The Morgan fingerprint density at radius 2 is 1.59 bits per heavy atom. The summed E-state index contributed by atoms with van der Waals surface area (Å²) in [6, 6.07) is 18.4. The van der Waals surface area contributed by atoms with Crippen LogP contribution in [-0.4, -0.2) is 18.1 Å². The van der Waals surface area contributed by atoms with Crippen LogP contribution in [0.4, 0.5) is 4.79 Å². The summed E-state index contributed by atoms with van der Waals surface area (Å²) in [5, 5.41) is 2.15. The second kappa shape index (κ2) is 9.76. The molecular weight excluding hydrogens is 342 g/mol. The highest BCUT2D eigenvalue weighted by atomic mass is 16.6. The Bertz CT molecular complexity index is 743. The van der Waals surface area contributed by atoms with Crippen LogP contribution in [0.5, 0.6) is 5.75 Å². The van der Waals surface area contributed by atoms with Gasteiger partial charge in [-0.05, 0) is 48.9 Å². The Hall–Kier alpha value is -2.82. The minimum Gasteiger partial charge on any atom is -0.489 e. The number of alkyl carbamates (subject to hydrolysis) is 1. The van der Waals surface area contributed by atoms with Crippen molar-refractivity contribution in [3.05, 3.63) is 65.7 Å². The van der Waals surface area contributed by atoms with E-state index in [0.29, 0.717) is 13.0 Å². The van der Waals surface area contributed by atoms with E-state index in [4.69, 9.17) is 9.47 Å². The number of ether oxygens (including phenoxy) is 2. The van der Waals surface area contributed by atoms with Crippen LogP contribution >= 0.6 is 0 Å². The largest absolute Gasteiger partial charge is 0.489 e. The van der Waals surface area contributed by atoms with Gasteiger partial charge in [0.1, 0.15) is 12.4 Å². The molecule has 5 heteroatoms. The highest BCUT2D eigenvalue weighted by Crippen LogP contribution is 2.17. The smallest absolute Gasteiger partial charge is 0.414 e. The molecule has 142 valence electrons. The molecule has 1 N–H and O–H groups in total. The summed E-state index contributed by atoms with van der Waals surface area (Å²) in [6.07, 6.45) is 4.51. The molecule has 1 heterocycles. The minimum absolute atomic E-state index is 0.311. The van der Waals surface area contributed by atoms with Gasteiger partial charge >= 0.3 is 6.09 Å². The van der Waals surface area contributed by atoms with Crippen molar-refractivity contribution in [2.24, 2.45) is 0 Å². The molecule has 1 unspecified atom stereocenters. The number of cyclic esters (lactones) is 1. The zero-order valence-electron chi connectivity index (χ0n) is 15.4. The van der Waals surface area contributed by atoms with Gasteiger partial charge in [0.2, 0.25) is 0 Å². The van der Waals surface area contributed by atoms with Gasteiger partial charge in [-0.25, -0.2) is 4.79 Å². The van der Waals surface area contributed by atoms with Gasteiger partial charge in [-0.3, -0.25) is 10.1 Å². The van der Waals surface area contributed by atoms with Crippen molar-refractivity contribution in [2.75, 3.05) is 0 Å². The van der Waals surface area contributed by atoms with E-state index in [1.54, 1.807) is 0 Å². The lowest BCUT2D eigenvalue weighted by molar-refractivity contribution is -0.123. The molecule has 0 aromatic heterocycles. The number of rotatable bonds is 10. The second-order valence-electron chi connectivity index (χ2n) is 6.75. The molecule has 2 amide bonds. The lowest BCUT2D eigenvalue weighted by Gasteiger charge is -2.08. The Balaban J connectivity index is 1.28. The quantitative estimate of drug-likeness (QED) is 0.633. The fourth-order valence-electron chi connectivity index (χ4n) is 3.09. The van der Waals surface area contributed by atoms with Gasteiger partial charge in [0.05, 0.1) is 0 Å². The summed E-state index contributed by atoms with van der Waals surface area (Å²) in [5.74, 6) is 0.571. The number of hydrogen-bond acceptors (Lipinski definition) is 4. The van der Waals surface area contributed by atoms with Crippen molar-refractivity contribution >= 4 is 12.0 Å². The molecule has 27 heavy (non-hydrogen) atoms. The van der Waals surface area contributed by atoms with Crippen LogP contribution in [0.3, 0.4) is 0 Å². The van der Waals surface area contributed by atoms with Gasteiger partial charge in [0, 0.05) is 0 Å². The first-order valence-electron chi connectivity index (χ1n) is 9.48. The normalized spacial score (nSPS) is 16.1. The third-order valence-corrected chi connectivity index (χ3v) is 4.62. The van der Waals surface area contributed by atoms with Gasteiger partial charge in [-0.15, -0.1) is 0 Å². The number of carbonyl (C=O) groups is 2. The molecule has 0 saturated carbocycles. The fourth-order valence-corrected chi connectivity index (χ4v) is 3.09. The van der Waals surface area contributed by atoms with E-state index >= 15 is 0 Å². The van der Waals surface area contributed by atoms with Crippen LogP contribution < -0.4 is 10.1 Å². The van der Waals surface area contributed by atoms with E-state index in [1.807, 2.05) is 30.3 Å². The lowest BCUT2D eigenvalue weighted by atomic mass is 10.0. The third-order valence-electron chi connectivity index (χ3n) is 4.62. The predicted octanol–water partition coefficient (Wildman–Crippen LogP) is 4.39. The van der Waals surface area contributed by atoms with Crippen LogP contribution in [0.15, 0.2) is 54.6 Å². The second-order valence-corrected chi connectivity index (χ2v) is 6.75. The Kier molecular flexibility index (Phi) is 6.85. The molecule has 0 aliphatic carbocycles. The summed E-state index contributed by atoms with van der Waals surface area (Å²) < 4.78 is 10.7. The average molecular weight is 367 g/mol. The number of imide groups is 1. The van der Waals surface area contributed by atoms with Gasteiger partial charge in [-0.2, -0.15) is 0 Å². The molecule has 1 saturated heterocycles. The highest BCUT2D eigenvalue weighted by molar-refractivity contribution is 5.99. The lowest BCUT2D eigenvalue weighted by Crippen LogP contribution is -2.24. The molecule has 0 bridgehead atoms. The molecular formula is C22H25NO4. The van der Waals surface area contributed by atoms with Crippen molar-refractivity contribution in [3.8, 4) is 5.75 Å². The molecule has 1 aliphatic heterocycles. The van der Waals surface area contributed by atoms with Crippen molar-refractivity contribution in [3.63, 3.8) is 0 Å². The monoisotopic (exact) mass is 367 g/mol. The van der Waals surface area contributed by atoms with E-state index in [0.717, 1.165) is 43.4 Å². The molecule has 1 fully saturated rings. The Morgan fingerprint density at radius 3 is 2.30 bits per heavy atom. The molecule has 2 aromatic carbocycles.